The van der Waals surface area contributed by atoms with Gasteiger partial charge < -0.3 is 19.3 Å². The number of rotatable bonds is 6. The van der Waals surface area contributed by atoms with Crippen molar-refractivity contribution in [1.29, 1.82) is 0 Å². The van der Waals surface area contributed by atoms with Crippen molar-refractivity contribution in [2.45, 2.75) is 64.4 Å². The van der Waals surface area contributed by atoms with Gasteiger partial charge >= 0.3 is 12.2 Å². The quantitative estimate of drug-likeness (QED) is 0.523. The maximum atomic E-state index is 14.0. The summed E-state index contributed by atoms with van der Waals surface area (Å²) in [5, 5.41) is 0.583. The lowest BCUT2D eigenvalue weighted by atomic mass is 10.1. The molecule has 37 heavy (non-hydrogen) atoms. The number of carbonyl (C=O) groups is 3. The summed E-state index contributed by atoms with van der Waals surface area (Å²) >= 11 is 6.40. The second-order valence-corrected chi connectivity index (χ2v) is 10.9. The van der Waals surface area contributed by atoms with E-state index in [2.05, 4.69) is 0 Å². The number of halogens is 1. The molecule has 8 nitrogen and oxygen atoms in total. The molecule has 0 radical (unpaired) electrons. The van der Waals surface area contributed by atoms with Crippen LogP contribution in [0.1, 0.15) is 44.7 Å². The van der Waals surface area contributed by atoms with Crippen LogP contribution in [-0.4, -0.2) is 70.1 Å². The molecule has 2 fully saturated rings. The molecule has 1 saturated carbocycles. The highest BCUT2D eigenvalue weighted by Crippen LogP contribution is 2.32. The van der Waals surface area contributed by atoms with E-state index in [4.69, 9.17) is 21.1 Å². The highest BCUT2D eigenvalue weighted by molar-refractivity contribution is 6.31. The monoisotopic (exact) mass is 527 g/mol. The zero-order chi connectivity index (χ0) is 26.6. The van der Waals surface area contributed by atoms with Crippen LogP contribution in [0.25, 0.3) is 0 Å². The Morgan fingerprint density at radius 3 is 2.30 bits per heavy atom. The molecular formula is C28H34ClN3O5. The fourth-order valence-corrected chi connectivity index (χ4v) is 4.48. The summed E-state index contributed by atoms with van der Waals surface area (Å²) in [5.41, 5.74) is 1.01. The molecule has 1 heterocycles. The van der Waals surface area contributed by atoms with Crippen LogP contribution in [0.4, 0.5) is 9.59 Å². The van der Waals surface area contributed by atoms with Gasteiger partial charge in [-0.25, -0.2) is 9.59 Å². The first-order valence-corrected chi connectivity index (χ1v) is 13.0. The van der Waals surface area contributed by atoms with Crippen molar-refractivity contribution in [3.05, 3.63) is 70.7 Å². The fraction of sp³-hybridized carbons (Fsp3) is 0.464. The smallest absolute Gasteiger partial charge is 0.410 e. The van der Waals surface area contributed by atoms with Crippen molar-refractivity contribution in [1.82, 2.24) is 14.7 Å². The first-order chi connectivity index (χ1) is 17.6. The number of piperazine rings is 1. The molecule has 1 atom stereocenters. The largest absolute Gasteiger partial charge is 0.445 e. The maximum absolute atomic E-state index is 14.0. The second-order valence-electron chi connectivity index (χ2n) is 10.5. The molecule has 2 aromatic carbocycles. The topological polar surface area (TPSA) is 79.4 Å². The fourth-order valence-electron chi connectivity index (χ4n) is 4.28. The number of nitrogens with zero attached hydrogens (tertiary/aromatic N) is 3. The van der Waals surface area contributed by atoms with Crippen molar-refractivity contribution in [2.24, 2.45) is 0 Å². The van der Waals surface area contributed by atoms with Crippen molar-refractivity contribution in [2.75, 3.05) is 19.6 Å². The molecule has 1 unspecified atom stereocenters. The Kier molecular flexibility index (Phi) is 8.27. The molecule has 2 aliphatic rings. The average molecular weight is 528 g/mol. The van der Waals surface area contributed by atoms with Gasteiger partial charge in [-0.1, -0.05) is 60.1 Å². The Balaban J connectivity index is 1.54. The van der Waals surface area contributed by atoms with Crippen molar-refractivity contribution >= 4 is 29.7 Å². The third-order valence-electron chi connectivity index (χ3n) is 6.33. The number of ether oxygens (including phenoxy) is 2. The Morgan fingerprint density at radius 2 is 1.65 bits per heavy atom. The van der Waals surface area contributed by atoms with E-state index in [0.29, 0.717) is 11.6 Å². The molecular weight excluding hydrogens is 494 g/mol. The number of amides is 3. The van der Waals surface area contributed by atoms with E-state index in [0.717, 1.165) is 24.0 Å². The van der Waals surface area contributed by atoms with E-state index in [1.807, 2.05) is 48.5 Å². The lowest BCUT2D eigenvalue weighted by Gasteiger charge is -2.42. The molecule has 1 aliphatic heterocycles. The van der Waals surface area contributed by atoms with E-state index in [9.17, 15) is 14.4 Å². The van der Waals surface area contributed by atoms with Gasteiger partial charge in [0.2, 0.25) is 5.91 Å². The van der Waals surface area contributed by atoms with Gasteiger partial charge in [0.15, 0.2) is 0 Å². The van der Waals surface area contributed by atoms with Crippen LogP contribution in [0.2, 0.25) is 5.02 Å². The highest BCUT2D eigenvalue weighted by atomic mass is 35.5. The van der Waals surface area contributed by atoms with Crippen molar-refractivity contribution in [3.63, 3.8) is 0 Å². The minimum atomic E-state index is -0.896. The molecule has 1 saturated heterocycles. The van der Waals surface area contributed by atoms with E-state index >= 15 is 0 Å². The van der Waals surface area contributed by atoms with Gasteiger partial charge in [0, 0.05) is 30.7 Å². The normalized spacial score (nSPS) is 17.8. The average Bonchev–Trinajstić information content (AvgIpc) is 3.71. The standard InChI is InChI=1S/C28H34ClN3O5/c1-28(2,3)37-26(34)30-15-16-31(27(35)36-19-20-9-5-4-6-10-20)24(18-30)25(33)32(22-13-14-22)17-21-11-7-8-12-23(21)29/h4-12,22,24H,13-19H2,1-3H3. The molecule has 198 valence electrons. The van der Waals surface area contributed by atoms with Crippen LogP contribution in [0.15, 0.2) is 54.6 Å². The van der Waals surface area contributed by atoms with Gasteiger partial charge in [-0.05, 0) is 50.8 Å². The van der Waals surface area contributed by atoms with Crippen LogP contribution < -0.4 is 0 Å². The lowest BCUT2D eigenvalue weighted by molar-refractivity contribution is -0.139. The summed E-state index contributed by atoms with van der Waals surface area (Å²) in [4.78, 5) is 44.7. The molecule has 0 bridgehead atoms. The minimum absolute atomic E-state index is 0.0277. The van der Waals surface area contributed by atoms with Crippen molar-refractivity contribution < 1.29 is 23.9 Å². The molecule has 9 heteroatoms. The lowest BCUT2D eigenvalue weighted by Crippen LogP contribution is -2.62. The third kappa shape index (κ3) is 7.16. The van der Waals surface area contributed by atoms with Gasteiger partial charge in [-0.2, -0.15) is 0 Å². The SMILES string of the molecule is CC(C)(C)OC(=O)N1CCN(C(=O)OCc2ccccc2)C(C(=O)N(Cc2ccccc2Cl)C2CC2)C1. The van der Waals surface area contributed by atoms with Crippen LogP contribution in [0, 0.1) is 0 Å². The predicted octanol–water partition coefficient (Wildman–Crippen LogP) is 5.09. The first-order valence-electron chi connectivity index (χ1n) is 12.6. The Hall–Kier alpha value is -3.26. The van der Waals surface area contributed by atoms with E-state index < -0.39 is 23.8 Å². The minimum Gasteiger partial charge on any atom is -0.445 e. The zero-order valence-corrected chi connectivity index (χ0v) is 22.3. The van der Waals surface area contributed by atoms with Gasteiger partial charge in [-0.3, -0.25) is 9.69 Å². The predicted molar refractivity (Wildman–Crippen MR) is 140 cm³/mol. The summed E-state index contributed by atoms with van der Waals surface area (Å²) in [6.07, 6.45) is 0.681. The molecule has 3 amide bonds. The molecule has 0 aromatic heterocycles. The Bertz CT molecular complexity index is 1120. The van der Waals surface area contributed by atoms with Crippen LogP contribution in [0.5, 0.6) is 0 Å². The summed E-state index contributed by atoms with van der Waals surface area (Å²) in [7, 11) is 0. The molecule has 4 rings (SSSR count). The molecule has 1 aliphatic carbocycles. The van der Waals surface area contributed by atoms with Gasteiger partial charge in [0.1, 0.15) is 18.2 Å². The van der Waals surface area contributed by atoms with Gasteiger partial charge in [0.05, 0.1) is 6.54 Å². The molecule has 0 spiro atoms. The maximum Gasteiger partial charge on any atom is 0.410 e. The Labute approximate surface area is 223 Å². The Morgan fingerprint density at radius 1 is 0.973 bits per heavy atom. The number of hydrogen-bond donors (Lipinski definition) is 0. The third-order valence-corrected chi connectivity index (χ3v) is 6.69. The van der Waals surface area contributed by atoms with E-state index in [1.165, 1.54) is 9.80 Å². The summed E-state index contributed by atoms with van der Waals surface area (Å²) in [5.74, 6) is -0.229. The second kappa shape index (κ2) is 11.4. The first kappa shape index (κ1) is 26.8. The van der Waals surface area contributed by atoms with Crippen LogP contribution in [0.3, 0.4) is 0 Å². The summed E-state index contributed by atoms with van der Waals surface area (Å²) < 4.78 is 11.1. The summed E-state index contributed by atoms with van der Waals surface area (Å²) in [6.45, 7) is 6.24. The highest BCUT2D eigenvalue weighted by Gasteiger charge is 2.44. The number of benzene rings is 2. The zero-order valence-electron chi connectivity index (χ0n) is 21.6. The number of hydrogen-bond acceptors (Lipinski definition) is 5. The van der Waals surface area contributed by atoms with E-state index in [-0.39, 0.29) is 38.2 Å². The van der Waals surface area contributed by atoms with Crippen LogP contribution >= 0.6 is 11.6 Å². The van der Waals surface area contributed by atoms with E-state index in [1.54, 1.807) is 31.7 Å². The van der Waals surface area contributed by atoms with Crippen molar-refractivity contribution in [3.8, 4) is 0 Å². The van der Waals surface area contributed by atoms with Crippen LogP contribution in [-0.2, 0) is 27.4 Å². The number of carbonyl (C=O) groups excluding carboxylic acids is 3. The summed E-state index contributed by atoms with van der Waals surface area (Å²) in [6, 6.07) is 16.0. The molecule has 0 N–H and O–H groups in total. The van der Waals surface area contributed by atoms with Gasteiger partial charge in [0.25, 0.3) is 0 Å². The molecule has 2 aromatic rings. The van der Waals surface area contributed by atoms with Gasteiger partial charge in [-0.15, -0.1) is 0 Å².